The summed E-state index contributed by atoms with van der Waals surface area (Å²) in [4.78, 5) is 37.7. The van der Waals surface area contributed by atoms with Gasteiger partial charge in [0.1, 0.15) is 17.2 Å². The molecule has 0 bridgehead atoms. The van der Waals surface area contributed by atoms with Crippen LogP contribution in [-0.4, -0.2) is 72.4 Å². The van der Waals surface area contributed by atoms with Crippen molar-refractivity contribution in [3.63, 3.8) is 0 Å². The predicted molar refractivity (Wildman–Crippen MR) is 343 cm³/mol. The van der Waals surface area contributed by atoms with Gasteiger partial charge in [0.05, 0.1) is 44.2 Å². The Labute approximate surface area is 509 Å². The molecule has 0 saturated heterocycles. The minimum absolute atomic E-state index is 0.228. The molecule has 9 aromatic rings. The van der Waals surface area contributed by atoms with E-state index >= 15 is 0 Å². The SMILES string of the molecule is CC(C)(C)OC(C(=O)O)c1c(-c2ccc3c(c2)CCCO3)ccc2ccccc12.CCOC(=O)C(O)c1c(-c2ccc3c(c2)CCCO3)ccc2ccccc12.CCOC(=O)C(OC(C)(C)C)c1c(-c2ccc3c(c2)CCCO3)ccc2ccccc12. The van der Waals surface area contributed by atoms with Gasteiger partial charge in [0.2, 0.25) is 0 Å². The minimum atomic E-state index is -1.33. The number of ether oxygens (including phenoxy) is 7. The summed E-state index contributed by atoms with van der Waals surface area (Å²) in [5.74, 6) is 0.804. The first-order valence-corrected chi connectivity index (χ1v) is 30.3. The zero-order valence-electron chi connectivity index (χ0n) is 51.1. The Bertz CT molecular complexity index is 3960. The Morgan fingerprint density at radius 2 is 0.793 bits per heavy atom. The molecule has 12 nitrogen and oxygen atoms in total. The maximum absolute atomic E-state index is 13.1. The van der Waals surface area contributed by atoms with Gasteiger partial charge in [-0.05, 0) is 213 Å². The third-order valence-electron chi connectivity index (χ3n) is 15.5. The van der Waals surface area contributed by atoms with Gasteiger partial charge in [-0.2, -0.15) is 0 Å². The number of carbonyl (C=O) groups is 3. The van der Waals surface area contributed by atoms with Crippen LogP contribution in [0.15, 0.2) is 164 Å². The van der Waals surface area contributed by atoms with E-state index in [1.807, 2.05) is 170 Å². The van der Waals surface area contributed by atoms with Crippen molar-refractivity contribution >= 4 is 50.2 Å². The van der Waals surface area contributed by atoms with Crippen molar-refractivity contribution in [1.82, 2.24) is 0 Å². The number of rotatable bonds is 13. The molecule has 3 heterocycles. The molecule has 12 heteroatoms. The van der Waals surface area contributed by atoms with Crippen molar-refractivity contribution in [3.05, 3.63) is 197 Å². The van der Waals surface area contributed by atoms with Crippen molar-refractivity contribution < 1.29 is 57.8 Å². The van der Waals surface area contributed by atoms with Crippen LogP contribution in [0.4, 0.5) is 0 Å². The van der Waals surface area contributed by atoms with Gasteiger partial charge in [-0.15, -0.1) is 0 Å². The van der Waals surface area contributed by atoms with Crippen LogP contribution in [0.1, 0.15) is 126 Å². The molecule has 3 aliphatic heterocycles. The number of aliphatic carboxylic acids is 1. The fourth-order valence-corrected chi connectivity index (χ4v) is 11.8. The van der Waals surface area contributed by atoms with Crippen molar-refractivity contribution in [2.24, 2.45) is 0 Å². The van der Waals surface area contributed by atoms with Crippen LogP contribution < -0.4 is 14.2 Å². The van der Waals surface area contributed by atoms with E-state index in [1.54, 1.807) is 6.92 Å². The monoisotopic (exact) mass is 1170 g/mol. The summed E-state index contributed by atoms with van der Waals surface area (Å²) in [5.41, 5.74) is 10.2. The second kappa shape index (κ2) is 27.0. The Hall–Kier alpha value is -8.55. The van der Waals surface area contributed by atoms with Crippen LogP contribution in [0, 0.1) is 0 Å². The Balaban J connectivity index is 0.000000145. The van der Waals surface area contributed by atoms with Crippen molar-refractivity contribution in [2.45, 2.75) is 123 Å². The molecule has 0 aromatic heterocycles. The molecule has 0 radical (unpaired) electrons. The van der Waals surface area contributed by atoms with Crippen LogP contribution >= 0.6 is 0 Å². The predicted octanol–water partition coefficient (Wildman–Crippen LogP) is 16.5. The largest absolute Gasteiger partial charge is 0.493 e. The normalized spacial score (nSPS) is 14.6. The lowest BCUT2D eigenvalue weighted by molar-refractivity contribution is -0.166. The van der Waals surface area contributed by atoms with Crippen LogP contribution in [0.25, 0.3) is 65.7 Å². The molecule has 3 atom stereocenters. The first-order valence-electron chi connectivity index (χ1n) is 30.3. The molecule has 87 heavy (non-hydrogen) atoms. The number of carbonyl (C=O) groups excluding carboxylic acids is 2. The molecule has 3 aliphatic rings. The number of esters is 2. The Morgan fingerprint density at radius 3 is 1.17 bits per heavy atom. The highest BCUT2D eigenvalue weighted by Gasteiger charge is 2.34. The van der Waals surface area contributed by atoms with Crippen LogP contribution in [0.3, 0.4) is 0 Å². The van der Waals surface area contributed by atoms with E-state index < -0.39 is 41.5 Å². The smallest absolute Gasteiger partial charge is 0.340 e. The summed E-state index contributed by atoms with van der Waals surface area (Å²) in [6.07, 6.45) is 2.69. The molecule has 3 unspecified atom stereocenters. The van der Waals surface area contributed by atoms with Crippen molar-refractivity contribution in [3.8, 4) is 50.6 Å². The first-order chi connectivity index (χ1) is 41.9. The summed E-state index contributed by atoms with van der Waals surface area (Å²) in [6, 6.07) is 54.4. The van der Waals surface area contributed by atoms with Crippen LogP contribution in [-0.2, 0) is 52.6 Å². The number of aliphatic hydroxyl groups excluding tert-OH is 1. The molecule has 0 fully saturated rings. The summed E-state index contributed by atoms with van der Waals surface area (Å²) in [6.45, 7) is 17.9. The maximum Gasteiger partial charge on any atom is 0.340 e. The van der Waals surface area contributed by atoms with E-state index in [0.29, 0.717) is 17.7 Å². The zero-order valence-corrected chi connectivity index (χ0v) is 51.1. The number of aliphatic hydroxyl groups is 1. The highest BCUT2D eigenvalue weighted by molar-refractivity contribution is 5.99. The van der Waals surface area contributed by atoms with Crippen molar-refractivity contribution in [2.75, 3.05) is 33.0 Å². The summed E-state index contributed by atoms with van der Waals surface area (Å²) in [5, 5.41) is 26.6. The summed E-state index contributed by atoms with van der Waals surface area (Å²) >= 11 is 0. The number of fused-ring (bicyclic) bond motifs is 6. The fraction of sp³-hybridized carbons (Fsp3) is 0.320. The van der Waals surface area contributed by atoms with E-state index in [0.717, 1.165) is 158 Å². The third kappa shape index (κ3) is 14.3. The second-order valence-corrected chi connectivity index (χ2v) is 24.0. The minimum Gasteiger partial charge on any atom is -0.493 e. The lowest BCUT2D eigenvalue weighted by Gasteiger charge is -2.29. The lowest BCUT2D eigenvalue weighted by Crippen LogP contribution is -2.29. The number of aryl methyl sites for hydroxylation is 3. The van der Waals surface area contributed by atoms with E-state index in [1.165, 1.54) is 5.56 Å². The molecule has 450 valence electrons. The highest BCUT2D eigenvalue weighted by atomic mass is 16.6. The molecule has 2 N–H and O–H groups in total. The maximum atomic E-state index is 13.1. The summed E-state index contributed by atoms with van der Waals surface area (Å²) < 4.78 is 40.2. The highest BCUT2D eigenvalue weighted by Crippen LogP contribution is 2.43. The number of benzene rings is 9. The molecular weight excluding hydrogens is 1090 g/mol. The molecule has 12 rings (SSSR count). The molecule has 9 aromatic carbocycles. The standard InChI is InChI=1S/C27H30O4.C25H26O4.C23H22O4/c1-5-29-26(28)25(31-27(2,3)4)24-21-11-7-6-9-18(21)12-14-22(24)19-13-15-23-20(17-19)10-8-16-30-23;1-25(2,3)29-23(24(26)27)22-19-9-5-4-7-16(19)10-12-20(22)17-11-13-21-18(15-17)8-6-14-28-21;1-2-26-23(25)22(24)21-18-8-4-3-6-15(18)9-11-19(21)16-10-12-20-17(14-16)7-5-13-27-20/h6-7,9,11-15,17,25H,5,8,10,16H2,1-4H3;4-5,7,9-13,15,23H,6,8,14H2,1-3H3,(H,26,27);3-4,6,8-12,14,22,24H,2,5,7,13H2,1H3. The van der Waals surface area contributed by atoms with Crippen LogP contribution in [0.5, 0.6) is 17.2 Å². The van der Waals surface area contributed by atoms with E-state index in [-0.39, 0.29) is 12.6 Å². The quantitative estimate of drug-likeness (QED) is 0.106. The van der Waals surface area contributed by atoms with Gasteiger partial charge in [-0.1, -0.05) is 127 Å². The third-order valence-corrected chi connectivity index (χ3v) is 15.5. The van der Waals surface area contributed by atoms with Gasteiger partial charge in [-0.25, -0.2) is 14.4 Å². The molecule has 0 amide bonds. The van der Waals surface area contributed by atoms with E-state index in [9.17, 15) is 24.6 Å². The first kappa shape index (κ1) is 61.5. The number of hydrogen-bond donors (Lipinski definition) is 2. The van der Waals surface area contributed by atoms with Crippen molar-refractivity contribution in [1.29, 1.82) is 0 Å². The van der Waals surface area contributed by atoms with Gasteiger partial charge in [0, 0.05) is 16.7 Å². The van der Waals surface area contributed by atoms with E-state index in [4.69, 9.17) is 33.2 Å². The Morgan fingerprint density at radius 1 is 0.448 bits per heavy atom. The number of carboxylic acids is 1. The average molecular weight is 1170 g/mol. The van der Waals surface area contributed by atoms with E-state index in [2.05, 4.69) is 42.5 Å². The second-order valence-electron chi connectivity index (χ2n) is 24.0. The van der Waals surface area contributed by atoms with Gasteiger partial charge in [-0.3, -0.25) is 0 Å². The van der Waals surface area contributed by atoms with Gasteiger partial charge in [0.25, 0.3) is 0 Å². The molecule has 0 spiro atoms. The van der Waals surface area contributed by atoms with Gasteiger partial charge in [0.15, 0.2) is 18.3 Å². The molecule has 0 saturated carbocycles. The number of carboxylic acid groups (broad SMARTS) is 1. The van der Waals surface area contributed by atoms with Crippen LogP contribution in [0.2, 0.25) is 0 Å². The topological polar surface area (TPSA) is 156 Å². The fourth-order valence-electron chi connectivity index (χ4n) is 11.8. The number of hydrogen-bond acceptors (Lipinski definition) is 11. The molecular formula is C75H78O12. The zero-order chi connectivity index (χ0) is 61.4. The summed E-state index contributed by atoms with van der Waals surface area (Å²) in [7, 11) is 0. The average Bonchev–Trinajstić information content (AvgIpc) is 1.42. The van der Waals surface area contributed by atoms with Gasteiger partial charge < -0.3 is 43.4 Å². The Kier molecular flexibility index (Phi) is 19.1. The lowest BCUT2D eigenvalue weighted by atomic mass is 9.89. The van der Waals surface area contributed by atoms with Gasteiger partial charge >= 0.3 is 17.9 Å². The molecule has 0 aliphatic carbocycles.